The van der Waals surface area contributed by atoms with Crippen molar-refractivity contribution < 1.29 is 4.42 Å². The van der Waals surface area contributed by atoms with Crippen molar-refractivity contribution in [1.82, 2.24) is 19.1 Å². The van der Waals surface area contributed by atoms with Crippen molar-refractivity contribution in [2.45, 2.75) is 26.9 Å². The zero-order valence-corrected chi connectivity index (χ0v) is 14.2. The maximum absolute atomic E-state index is 8.65. The van der Waals surface area contributed by atoms with Crippen LogP contribution in [0.5, 0.6) is 0 Å². The van der Waals surface area contributed by atoms with Crippen molar-refractivity contribution in [3.8, 4) is 0 Å². The lowest BCUT2D eigenvalue weighted by Gasteiger charge is -2.08. The molecule has 0 amide bonds. The Balaban J connectivity index is 1.82. The van der Waals surface area contributed by atoms with Crippen molar-refractivity contribution in [3.05, 3.63) is 77.3 Å². The minimum atomic E-state index is 0.453. The van der Waals surface area contributed by atoms with Crippen LogP contribution in [0.15, 0.2) is 53.5 Å². The maximum Gasteiger partial charge on any atom is 0.146 e. The van der Waals surface area contributed by atoms with E-state index in [9.17, 15) is 0 Å². The quantitative estimate of drug-likeness (QED) is 0.624. The second-order valence-electron chi connectivity index (χ2n) is 6.12. The monoisotopic (exact) mass is 333 g/mol. The number of nitrogens with one attached hydrogen (secondary N) is 1. The highest BCUT2D eigenvalue weighted by molar-refractivity contribution is 5.80. The van der Waals surface area contributed by atoms with E-state index < -0.39 is 0 Å². The number of pyridine rings is 1. The lowest BCUT2D eigenvalue weighted by Crippen LogP contribution is -2.22. The van der Waals surface area contributed by atoms with E-state index in [0.717, 1.165) is 33.7 Å². The van der Waals surface area contributed by atoms with Crippen molar-refractivity contribution in [3.63, 3.8) is 0 Å². The van der Waals surface area contributed by atoms with Gasteiger partial charge in [0.2, 0.25) is 0 Å². The smallest absolute Gasteiger partial charge is 0.146 e. The first-order valence-electron chi connectivity index (χ1n) is 8.17. The molecule has 1 N–H and O–H groups in total. The van der Waals surface area contributed by atoms with E-state index >= 15 is 0 Å². The molecule has 0 aromatic carbocycles. The summed E-state index contributed by atoms with van der Waals surface area (Å²) in [6.07, 6.45) is 5.16. The normalized spacial score (nSPS) is 11.3. The Morgan fingerprint density at radius 2 is 1.96 bits per heavy atom. The number of aryl methyl sites for hydroxylation is 1. The fourth-order valence-electron chi connectivity index (χ4n) is 3.13. The van der Waals surface area contributed by atoms with Gasteiger partial charge in [-0.3, -0.25) is 10.4 Å². The summed E-state index contributed by atoms with van der Waals surface area (Å²) < 4.78 is 9.41. The third-order valence-electron chi connectivity index (χ3n) is 4.60. The van der Waals surface area contributed by atoms with Gasteiger partial charge in [0.15, 0.2) is 0 Å². The molecule has 0 aliphatic carbocycles. The van der Waals surface area contributed by atoms with Crippen LogP contribution in [-0.2, 0) is 13.1 Å². The van der Waals surface area contributed by atoms with Crippen LogP contribution in [-0.4, -0.2) is 19.1 Å². The second kappa shape index (κ2) is 6.05. The summed E-state index contributed by atoms with van der Waals surface area (Å²) in [6.45, 7) is 5.24. The summed E-state index contributed by atoms with van der Waals surface area (Å²) in [7, 11) is 0. The molecule has 4 heterocycles. The maximum atomic E-state index is 8.65. The Hall–Kier alpha value is -3.15. The highest BCUT2D eigenvalue weighted by Gasteiger charge is 2.16. The van der Waals surface area contributed by atoms with Gasteiger partial charge in [0.05, 0.1) is 36.8 Å². The molecule has 6 nitrogen and oxygen atoms in total. The highest BCUT2D eigenvalue weighted by Crippen LogP contribution is 2.22. The Labute approximate surface area is 144 Å². The standard InChI is InChI=1S/C19H19N5O/c1-13-14(2)24(11-16-7-5-9-25-16)19-17(13)18(20)23(12-22-19)10-15-6-3-4-8-21-15/h3-9,12,20H,10-11H2,1-2H3. The molecule has 126 valence electrons. The highest BCUT2D eigenvalue weighted by atomic mass is 16.3. The Kier molecular flexibility index (Phi) is 3.72. The van der Waals surface area contributed by atoms with E-state index in [1.54, 1.807) is 18.8 Å². The van der Waals surface area contributed by atoms with Gasteiger partial charge in [-0.05, 0) is 43.7 Å². The molecule has 0 unspecified atom stereocenters. The van der Waals surface area contributed by atoms with Gasteiger partial charge in [0, 0.05) is 11.9 Å². The molecule has 6 heteroatoms. The van der Waals surface area contributed by atoms with Crippen LogP contribution in [0.2, 0.25) is 0 Å². The molecule has 4 aromatic rings. The minimum Gasteiger partial charge on any atom is -0.467 e. The van der Waals surface area contributed by atoms with E-state index in [-0.39, 0.29) is 0 Å². The number of nitrogens with zero attached hydrogens (tertiary/aromatic N) is 4. The number of aromatic nitrogens is 4. The van der Waals surface area contributed by atoms with Gasteiger partial charge in [0.25, 0.3) is 0 Å². The topological polar surface area (TPSA) is 72.6 Å². The summed E-state index contributed by atoms with van der Waals surface area (Å²) in [4.78, 5) is 8.98. The molecule has 0 spiro atoms. The summed E-state index contributed by atoms with van der Waals surface area (Å²) in [6, 6.07) is 9.63. The Morgan fingerprint density at radius 3 is 2.68 bits per heavy atom. The van der Waals surface area contributed by atoms with E-state index in [2.05, 4.69) is 21.5 Å². The summed E-state index contributed by atoms with van der Waals surface area (Å²) in [5.74, 6) is 0.874. The van der Waals surface area contributed by atoms with Gasteiger partial charge in [0.1, 0.15) is 16.9 Å². The van der Waals surface area contributed by atoms with Crippen LogP contribution < -0.4 is 5.49 Å². The van der Waals surface area contributed by atoms with Crippen LogP contribution >= 0.6 is 0 Å². The second-order valence-corrected chi connectivity index (χ2v) is 6.12. The van der Waals surface area contributed by atoms with Crippen molar-refractivity contribution in [2.24, 2.45) is 0 Å². The van der Waals surface area contributed by atoms with Crippen LogP contribution in [0.1, 0.15) is 22.7 Å². The number of furan rings is 1. The molecule has 4 aromatic heterocycles. The molecule has 0 bridgehead atoms. The molecule has 25 heavy (non-hydrogen) atoms. The molecule has 0 aliphatic rings. The zero-order chi connectivity index (χ0) is 17.4. The van der Waals surface area contributed by atoms with Crippen LogP contribution in [0, 0.1) is 19.3 Å². The van der Waals surface area contributed by atoms with E-state index in [4.69, 9.17) is 9.83 Å². The number of hydrogen-bond acceptors (Lipinski definition) is 4. The predicted octanol–water partition coefficient (Wildman–Crippen LogP) is 3.02. The largest absolute Gasteiger partial charge is 0.467 e. The predicted molar refractivity (Wildman–Crippen MR) is 94.2 cm³/mol. The molecule has 0 saturated heterocycles. The summed E-state index contributed by atoms with van der Waals surface area (Å²) in [5, 5.41) is 9.53. The van der Waals surface area contributed by atoms with Crippen molar-refractivity contribution >= 4 is 11.0 Å². The van der Waals surface area contributed by atoms with E-state index in [1.165, 1.54) is 0 Å². The zero-order valence-electron chi connectivity index (χ0n) is 14.2. The molecule has 0 radical (unpaired) electrons. The van der Waals surface area contributed by atoms with Gasteiger partial charge in [-0.15, -0.1) is 0 Å². The SMILES string of the molecule is Cc1c(C)n(Cc2ccco2)c2ncn(Cc3ccccn3)c(=N)c12. The van der Waals surface area contributed by atoms with Crippen LogP contribution in [0.3, 0.4) is 0 Å². The average Bonchev–Trinajstić information content (AvgIpc) is 3.22. The Morgan fingerprint density at radius 1 is 1.08 bits per heavy atom. The average molecular weight is 333 g/mol. The molecule has 0 aliphatic heterocycles. The van der Waals surface area contributed by atoms with E-state index in [0.29, 0.717) is 18.6 Å². The molecule has 0 fully saturated rings. The first-order chi connectivity index (χ1) is 12.1. The van der Waals surface area contributed by atoms with E-state index in [1.807, 2.05) is 41.8 Å². The molecule has 0 saturated carbocycles. The first-order valence-corrected chi connectivity index (χ1v) is 8.17. The number of fused-ring (bicyclic) bond motifs is 1. The molecular formula is C19H19N5O. The fraction of sp³-hybridized carbons (Fsp3) is 0.211. The fourth-order valence-corrected chi connectivity index (χ4v) is 3.13. The molecule has 0 atom stereocenters. The van der Waals surface area contributed by atoms with Gasteiger partial charge in [-0.2, -0.15) is 0 Å². The van der Waals surface area contributed by atoms with Crippen LogP contribution in [0.25, 0.3) is 11.0 Å². The number of hydrogen-bond donors (Lipinski definition) is 1. The lowest BCUT2D eigenvalue weighted by atomic mass is 10.2. The minimum absolute atomic E-state index is 0.453. The third kappa shape index (κ3) is 2.65. The molecule has 4 rings (SSSR count). The summed E-state index contributed by atoms with van der Waals surface area (Å²) >= 11 is 0. The van der Waals surface area contributed by atoms with Gasteiger partial charge >= 0.3 is 0 Å². The lowest BCUT2D eigenvalue weighted by molar-refractivity contribution is 0.494. The van der Waals surface area contributed by atoms with Gasteiger partial charge < -0.3 is 13.6 Å². The number of rotatable bonds is 4. The third-order valence-corrected chi connectivity index (χ3v) is 4.60. The van der Waals surface area contributed by atoms with Gasteiger partial charge in [-0.25, -0.2) is 4.98 Å². The van der Waals surface area contributed by atoms with Gasteiger partial charge in [-0.1, -0.05) is 6.07 Å². The van der Waals surface area contributed by atoms with Crippen molar-refractivity contribution in [2.75, 3.05) is 0 Å². The molecular weight excluding hydrogens is 314 g/mol. The first kappa shape index (κ1) is 15.4. The van der Waals surface area contributed by atoms with Crippen LogP contribution in [0.4, 0.5) is 0 Å². The Bertz CT molecular complexity index is 1070. The van der Waals surface area contributed by atoms with Crippen molar-refractivity contribution in [1.29, 1.82) is 5.41 Å². The summed E-state index contributed by atoms with van der Waals surface area (Å²) in [5.41, 5.74) is 4.35.